The Morgan fingerprint density at radius 3 is 2.47 bits per heavy atom. The van der Waals surface area contributed by atoms with Gasteiger partial charge in [0.1, 0.15) is 0 Å². The topological polar surface area (TPSA) is 67.2 Å². The third-order valence-corrected chi connectivity index (χ3v) is 2.65. The number of nitrogens with one attached hydrogen (secondary N) is 1. The number of rotatable bonds is 3. The van der Waals surface area contributed by atoms with Crippen LogP contribution in [0.5, 0.6) is 0 Å². The Hall–Kier alpha value is -2.30. The number of hydrogen-bond acceptors (Lipinski definition) is 3. The minimum Gasteiger partial charge on any atom is -0.478 e. The molecular weight excluding hydrogens is 218 g/mol. The van der Waals surface area contributed by atoms with Crippen molar-refractivity contribution < 1.29 is 9.90 Å². The van der Waals surface area contributed by atoms with Crippen LogP contribution in [0.2, 0.25) is 0 Å². The summed E-state index contributed by atoms with van der Waals surface area (Å²) in [6.07, 6.45) is 1.74. The first-order chi connectivity index (χ1) is 8.08. The number of aromatic carboxylic acids is 1. The summed E-state index contributed by atoms with van der Waals surface area (Å²) in [5.41, 5.74) is 3.05. The smallest absolute Gasteiger partial charge is 0.335 e. The molecule has 5 heteroatoms. The predicted molar refractivity (Wildman–Crippen MR) is 64.6 cm³/mol. The Balaban J connectivity index is 2.19. The van der Waals surface area contributed by atoms with E-state index in [1.165, 1.54) is 0 Å². The summed E-state index contributed by atoms with van der Waals surface area (Å²) in [5.74, 6) is -0.922. The van der Waals surface area contributed by atoms with Crippen LogP contribution in [0.1, 0.15) is 16.1 Å². The van der Waals surface area contributed by atoms with Crippen LogP contribution < -0.4 is 5.32 Å². The van der Waals surface area contributed by atoms with E-state index in [0.717, 1.165) is 17.1 Å². The lowest BCUT2D eigenvalue weighted by Gasteiger charge is -2.05. The molecule has 88 valence electrons. The maximum atomic E-state index is 10.7. The first kappa shape index (κ1) is 11.2. The molecule has 2 aromatic rings. The fourth-order valence-corrected chi connectivity index (χ4v) is 1.47. The highest BCUT2D eigenvalue weighted by Crippen LogP contribution is 2.19. The number of aryl methyl sites for hydroxylation is 1. The fourth-order valence-electron chi connectivity index (χ4n) is 1.47. The Morgan fingerprint density at radius 1 is 1.35 bits per heavy atom. The van der Waals surface area contributed by atoms with E-state index in [1.54, 1.807) is 35.1 Å². The van der Waals surface area contributed by atoms with E-state index in [4.69, 9.17) is 5.11 Å². The Morgan fingerprint density at radius 2 is 2.00 bits per heavy atom. The number of anilines is 2. The van der Waals surface area contributed by atoms with Gasteiger partial charge in [0.25, 0.3) is 0 Å². The van der Waals surface area contributed by atoms with E-state index < -0.39 is 5.97 Å². The van der Waals surface area contributed by atoms with Crippen molar-refractivity contribution in [1.82, 2.24) is 9.78 Å². The Labute approximate surface area is 98.7 Å². The van der Waals surface area contributed by atoms with Gasteiger partial charge in [-0.1, -0.05) is 0 Å². The Kier molecular flexibility index (Phi) is 2.82. The maximum Gasteiger partial charge on any atom is 0.335 e. The molecule has 0 saturated carbocycles. The number of carbonyl (C=O) groups is 1. The fraction of sp³-hybridized carbons (Fsp3) is 0.167. The van der Waals surface area contributed by atoms with Gasteiger partial charge < -0.3 is 10.4 Å². The van der Waals surface area contributed by atoms with Crippen LogP contribution in [0, 0.1) is 6.92 Å². The molecule has 5 nitrogen and oxygen atoms in total. The van der Waals surface area contributed by atoms with Gasteiger partial charge in [0.05, 0.1) is 23.1 Å². The van der Waals surface area contributed by atoms with E-state index in [9.17, 15) is 4.79 Å². The average Bonchev–Trinajstić information content (AvgIpc) is 2.62. The second kappa shape index (κ2) is 4.29. The van der Waals surface area contributed by atoms with Crippen LogP contribution in [0.4, 0.5) is 11.4 Å². The zero-order valence-corrected chi connectivity index (χ0v) is 9.64. The number of carboxylic acid groups (broad SMARTS) is 1. The Bertz CT molecular complexity index is 543. The highest BCUT2D eigenvalue weighted by molar-refractivity contribution is 5.88. The number of benzene rings is 1. The van der Waals surface area contributed by atoms with Crippen molar-refractivity contribution >= 4 is 17.3 Å². The number of aromatic nitrogens is 2. The molecule has 0 bridgehead atoms. The van der Waals surface area contributed by atoms with Crippen LogP contribution in [-0.2, 0) is 7.05 Å². The summed E-state index contributed by atoms with van der Waals surface area (Å²) in [4.78, 5) is 10.7. The first-order valence-corrected chi connectivity index (χ1v) is 5.17. The van der Waals surface area contributed by atoms with Gasteiger partial charge in [0.2, 0.25) is 0 Å². The van der Waals surface area contributed by atoms with Crippen molar-refractivity contribution in [3.8, 4) is 0 Å². The molecule has 0 saturated heterocycles. The first-order valence-electron chi connectivity index (χ1n) is 5.17. The molecule has 0 unspecified atom stereocenters. The van der Waals surface area contributed by atoms with Gasteiger partial charge in [-0.05, 0) is 31.2 Å². The molecule has 2 N–H and O–H groups in total. The summed E-state index contributed by atoms with van der Waals surface area (Å²) in [6, 6.07) is 6.60. The molecule has 0 aliphatic heterocycles. The van der Waals surface area contributed by atoms with Crippen LogP contribution in [0.3, 0.4) is 0 Å². The van der Waals surface area contributed by atoms with E-state index in [1.807, 2.05) is 14.0 Å². The number of carboxylic acids is 1. The van der Waals surface area contributed by atoms with Crippen LogP contribution in [0.15, 0.2) is 30.5 Å². The molecule has 0 aliphatic rings. The van der Waals surface area contributed by atoms with Crippen LogP contribution >= 0.6 is 0 Å². The lowest BCUT2D eigenvalue weighted by molar-refractivity contribution is 0.0697. The summed E-state index contributed by atoms with van der Waals surface area (Å²) in [7, 11) is 1.87. The quantitative estimate of drug-likeness (QED) is 0.849. The molecule has 1 heterocycles. The third-order valence-electron chi connectivity index (χ3n) is 2.65. The van der Waals surface area contributed by atoms with Crippen LogP contribution in [0.25, 0.3) is 0 Å². The molecule has 2 rings (SSSR count). The van der Waals surface area contributed by atoms with Gasteiger partial charge >= 0.3 is 5.97 Å². The zero-order valence-electron chi connectivity index (χ0n) is 9.64. The largest absolute Gasteiger partial charge is 0.478 e. The summed E-state index contributed by atoms with van der Waals surface area (Å²) in [6.45, 7) is 1.96. The lowest BCUT2D eigenvalue weighted by atomic mass is 10.2. The highest BCUT2D eigenvalue weighted by atomic mass is 16.4. The molecule has 17 heavy (non-hydrogen) atoms. The molecule has 0 spiro atoms. The van der Waals surface area contributed by atoms with E-state index in [2.05, 4.69) is 10.4 Å². The van der Waals surface area contributed by atoms with Crippen molar-refractivity contribution in [2.24, 2.45) is 7.05 Å². The van der Waals surface area contributed by atoms with Gasteiger partial charge in [-0.25, -0.2) is 4.79 Å². The number of nitrogens with zero attached hydrogens (tertiary/aromatic N) is 2. The normalized spacial score (nSPS) is 10.2. The van der Waals surface area contributed by atoms with Gasteiger partial charge in [-0.2, -0.15) is 5.10 Å². The SMILES string of the molecule is Cc1c(Nc2ccc(C(=O)O)cc2)cnn1C. The minimum absolute atomic E-state index is 0.276. The van der Waals surface area contributed by atoms with Gasteiger partial charge in [0, 0.05) is 12.7 Å². The van der Waals surface area contributed by atoms with E-state index >= 15 is 0 Å². The maximum absolute atomic E-state index is 10.7. The molecule has 1 aromatic heterocycles. The van der Waals surface area contributed by atoms with Crippen molar-refractivity contribution in [3.63, 3.8) is 0 Å². The molecule has 0 radical (unpaired) electrons. The summed E-state index contributed by atoms with van der Waals surface area (Å²) in [5, 5.41) is 16.1. The number of hydrogen-bond donors (Lipinski definition) is 2. The van der Waals surface area contributed by atoms with E-state index in [0.29, 0.717) is 0 Å². The molecular formula is C12H13N3O2. The van der Waals surface area contributed by atoms with Crippen molar-refractivity contribution in [3.05, 3.63) is 41.7 Å². The molecule has 0 amide bonds. The average molecular weight is 231 g/mol. The lowest BCUT2D eigenvalue weighted by Crippen LogP contribution is -1.97. The third kappa shape index (κ3) is 2.28. The van der Waals surface area contributed by atoms with Gasteiger partial charge in [-0.3, -0.25) is 4.68 Å². The predicted octanol–water partition coefficient (Wildman–Crippen LogP) is 2.17. The minimum atomic E-state index is -0.922. The molecule has 0 aliphatic carbocycles. The standard InChI is InChI=1S/C12H13N3O2/c1-8-11(7-13-15(8)2)14-10-5-3-9(4-6-10)12(16)17/h3-7,14H,1-2H3,(H,16,17). The molecule has 1 aromatic carbocycles. The molecule has 0 atom stereocenters. The second-order valence-electron chi connectivity index (χ2n) is 3.77. The van der Waals surface area contributed by atoms with Crippen molar-refractivity contribution in [1.29, 1.82) is 0 Å². The summed E-state index contributed by atoms with van der Waals surface area (Å²) >= 11 is 0. The van der Waals surface area contributed by atoms with Crippen LogP contribution in [-0.4, -0.2) is 20.9 Å². The van der Waals surface area contributed by atoms with Gasteiger partial charge in [0.15, 0.2) is 0 Å². The monoisotopic (exact) mass is 231 g/mol. The second-order valence-corrected chi connectivity index (χ2v) is 3.77. The highest BCUT2D eigenvalue weighted by Gasteiger charge is 2.05. The van der Waals surface area contributed by atoms with E-state index in [-0.39, 0.29) is 5.56 Å². The summed E-state index contributed by atoms with van der Waals surface area (Å²) < 4.78 is 1.77. The van der Waals surface area contributed by atoms with Gasteiger partial charge in [-0.15, -0.1) is 0 Å². The van der Waals surface area contributed by atoms with Crippen molar-refractivity contribution in [2.45, 2.75) is 6.92 Å². The molecule has 0 fully saturated rings. The van der Waals surface area contributed by atoms with Crippen molar-refractivity contribution in [2.75, 3.05) is 5.32 Å². The zero-order chi connectivity index (χ0) is 12.4.